The Hall–Kier alpha value is -0.0400. The van der Waals surface area contributed by atoms with Crippen LogP contribution in [-0.4, -0.2) is 24.5 Å². The van der Waals surface area contributed by atoms with E-state index in [-0.39, 0.29) is 0 Å². The predicted molar refractivity (Wildman–Crippen MR) is 66.0 cm³/mol. The summed E-state index contributed by atoms with van der Waals surface area (Å²) in [5.74, 6) is 1.94. The first-order chi connectivity index (χ1) is 7.15. The molecule has 0 radical (unpaired) electrons. The van der Waals surface area contributed by atoms with Crippen LogP contribution in [0.5, 0.6) is 0 Å². The van der Waals surface area contributed by atoms with Gasteiger partial charge in [0.2, 0.25) is 0 Å². The molecule has 1 unspecified atom stereocenters. The van der Waals surface area contributed by atoms with Gasteiger partial charge in [-0.1, -0.05) is 20.8 Å². The van der Waals surface area contributed by atoms with E-state index in [1.165, 1.54) is 51.7 Å². The zero-order valence-corrected chi connectivity index (χ0v) is 10.8. The van der Waals surface area contributed by atoms with Gasteiger partial charge < -0.3 is 4.90 Å². The molecule has 0 aromatic carbocycles. The molecule has 1 heteroatoms. The average Bonchev–Trinajstić information content (AvgIpc) is 2.64. The molecule has 15 heavy (non-hydrogen) atoms. The topological polar surface area (TPSA) is 3.24 Å². The van der Waals surface area contributed by atoms with Crippen molar-refractivity contribution in [1.82, 2.24) is 4.90 Å². The van der Waals surface area contributed by atoms with Gasteiger partial charge in [-0.3, -0.25) is 0 Å². The molecule has 1 saturated carbocycles. The lowest BCUT2D eigenvalue weighted by molar-refractivity contribution is 0.106. The van der Waals surface area contributed by atoms with Gasteiger partial charge in [-0.05, 0) is 69.0 Å². The van der Waals surface area contributed by atoms with Crippen molar-refractivity contribution in [2.45, 2.75) is 52.9 Å². The minimum atomic E-state index is 0.764. The second kappa shape index (κ2) is 4.45. The molecule has 0 aromatic heterocycles. The molecule has 1 heterocycles. The molecule has 2 fully saturated rings. The van der Waals surface area contributed by atoms with Gasteiger partial charge in [0.15, 0.2) is 0 Å². The first-order valence-electron chi connectivity index (χ1n) is 6.87. The van der Waals surface area contributed by atoms with Crippen LogP contribution in [0.1, 0.15) is 52.9 Å². The summed E-state index contributed by atoms with van der Waals surface area (Å²) in [6.45, 7) is 11.1. The standard InChI is InChI=1S/C14H27N/c1-4-15-9-7-14(8-10-15)6-5-13(11-14)12(2)3/h12-13H,4-11H2,1-3H3. The molecule has 2 aliphatic rings. The first-order valence-corrected chi connectivity index (χ1v) is 6.87. The van der Waals surface area contributed by atoms with Crippen molar-refractivity contribution in [1.29, 1.82) is 0 Å². The van der Waals surface area contributed by atoms with Crippen LogP contribution in [0.25, 0.3) is 0 Å². The van der Waals surface area contributed by atoms with Gasteiger partial charge in [0.05, 0.1) is 0 Å². The summed E-state index contributed by atoms with van der Waals surface area (Å²) < 4.78 is 0. The lowest BCUT2D eigenvalue weighted by Crippen LogP contribution is -2.38. The van der Waals surface area contributed by atoms with Gasteiger partial charge in [-0.15, -0.1) is 0 Å². The van der Waals surface area contributed by atoms with Crippen LogP contribution >= 0.6 is 0 Å². The maximum absolute atomic E-state index is 2.62. The molecule has 1 spiro atoms. The summed E-state index contributed by atoms with van der Waals surface area (Å²) >= 11 is 0. The van der Waals surface area contributed by atoms with Crippen molar-refractivity contribution < 1.29 is 0 Å². The van der Waals surface area contributed by atoms with Crippen molar-refractivity contribution in [2.24, 2.45) is 17.3 Å². The highest BCUT2D eigenvalue weighted by molar-refractivity contribution is 4.93. The third-order valence-corrected chi connectivity index (χ3v) is 5.05. The fourth-order valence-corrected chi connectivity index (χ4v) is 3.62. The lowest BCUT2D eigenvalue weighted by Gasteiger charge is -2.39. The van der Waals surface area contributed by atoms with Crippen molar-refractivity contribution in [3.63, 3.8) is 0 Å². The van der Waals surface area contributed by atoms with E-state index in [4.69, 9.17) is 0 Å². The first kappa shape index (κ1) is 11.4. The molecule has 1 saturated heterocycles. The Labute approximate surface area is 95.2 Å². The summed E-state index contributed by atoms with van der Waals surface area (Å²) in [4.78, 5) is 2.62. The minimum absolute atomic E-state index is 0.764. The van der Waals surface area contributed by atoms with Crippen LogP contribution in [0.15, 0.2) is 0 Å². The third kappa shape index (κ3) is 2.38. The van der Waals surface area contributed by atoms with Crippen LogP contribution in [-0.2, 0) is 0 Å². The highest BCUT2D eigenvalue weighted by atomic mass is 15.1. The van der Waals surface area contributed by atoms with E-state index >= 15 is 0 Å². The van der Waals surface area contributed by atoms with E-state index in [1.807, 2.05) is 0 Å². The zero-order valence-electron chi connectivity index (χ0n) is 10.8. The number of hydrogen-bond donors (Lipinski definition) is 0. The van der Waals surface area contributed by atoms with E-state index in [1.54, 1.807) is 0 Å². The normalized spacial score (nSPS) is 31.6. The van der Waals surface area contributed by atoms with Crippen molar-refractivity contribution >= 4 is 0 Å². The molecule has 0 N–H and O–H groups in total. The summed E-state index contributed by atoms with van der Waals surface area (Å²) in [6.07, 6.45) is 7.51. The van der Waals surface area contributed by atoms with Gasteiger partial charge in [-0.25, -0.2) is 0 Å². The number of rotatable bonds is 2. The number of nitrogens with zero attached hydrogens (tertiary/aromatic N) is 1. The van der Waals surface area contributed by atoms with E-state index < -0.39 is 0 Å². The van der Waals surface area contributed by atoms with Crippen LogP contribution < -0.4 is 0 Å². The number of likely N-dealkylation sites (tertiary alicyclic amines) is 1. The minimum Gasteiger partial charge on any atom is -0.304 e. The van der Waals surface area contributed by atoms with Crippen LogP contribution in [0.4, 0.5) is 0 Å². The van der Waals surface area contributed by atoms with Gasteiger partial charge in [0, 0.05) is 0 Å². The molecule has 1 aliphatic carbocycles. The molecular weight excluding hydrogens is 182 g/mol. The maximum Gasteiger partial charge on any atom is -0.00135 e. The van der Waals surface area contributed by atoms with Crippen molar-refractivity contribution in [2.75, 3.05) is 19.6 Å². The Bertz CT molecular complexity index is 201. The summed E-state index contributed by atoms with van der Waals surface area (Å²) in [7, 11) is 0. The summed E-state index contributed by atoms with van der Waals surface area (Å²) in [6, 6.07) is 0. The molecule has 1 nitrogen and oxygen atoms in total. The summed E-state index contributed by atoms with van der Waals surface area (Å²) in [5, 5.41) is 0. The van der Waals surface area contributed by atoms with Crippen molar-refractivity contribution in [3.05, 3.63) is 0 Å². The Balaban J connectivity index is 1.89. The second-order valence-electron chi connectivity index (χ2n) is 6.18. The quantitative estimate of drug-likeness (QED) is 0.672. The van der Waals surface area contributed by atoms with Gasteiger partial charge in [0.25, 0.3) is 0 Å². The average molecular weight is 209 g/mol. The number of piperidine rings is 1. The number of hydrogen-bond acceptors (Lipinski definition) is 1. The molecule has 1 aliphatic heterocycles. The highest BCUT2D eigenvalue weighted by Crippen LogP contribution is 2.50. The fourth-order valence-electron chi connectivity index (χ4n) is 3.62. The predicted octanol–water partition coefficient (Wildman–Crippen LogP) is 3.54. The Morgan fingerprint density at radius 1 is 1.20 bits per heavy atom. The van der Waals surface area contributed by atoms with Gasteiger partial charge in [-0.2, -0.15) is 0 Å². The van der Waals surface area contributed by atoms with Crippen molar-refractivity contribution in [3.8, 4) is 0 Å². The smallest absolute Gasteiger partial charge is 0.00135 e. The Kier molecular flexibility index (Phi) is 3.39. The van der Waals surface area contributed by atoms with Gasteiger partial charge in [0.1, 0.15) is 0 Å². The van der Waals surface area contributed by atoms with Crippen LogP contribution in [0.2, 0.25) is 0 Å². The lowest BCUT2D eigenvalue weighted by atomic mass is 9.75. The van der Waals surface area contributed by atoms with Crippen LogP contribution in [0, 0.1) is 17.3 Å². The molecule has 0 amide bonds. The highest BCUT2D eigenvalue weighted by Gasteiger charge is 2.41. The summed E-state index contributed by atoms with van der Waals surface area (Å²) in [5.41, 5.74) is 0.764. The fraction of sp³-hybridized carbons (Fsp3) is 1.00. The molecule has 88 valence electrons. The Morgan fingerprint density at radius 3 is 2.33 bits per heavy atom. The molecular formula is C14H27N. The maximum atomic E-state index is 2.62. The van der Waals surface area contributed by atoms with E-state index in [0.717, 1.165) is 17.3 Å². The van der Waals surface area contributed by atoms with E-state index in [2.05, 4.69) is 25.7 Å². The largest absolute Gasteiger partial charge is 0.304 e. The SMILES string of the molecule is CCN1CCC2(CCC(C(C)C)C2)CC1. The van der Waals surface area contributed by atoms with Crippen LogP contribution in [0.3, 0.4) is 0 Å². The third-order valence-electron chi connectivity index (χ3n) is 5.05. The monoisotopic (exact) mass is 209 g/mol. The van der Waals surface area contributed by atoms with E-state index in [0.29, 0.717) is 0 Å². The molecule has 0 aromatic rings. The Morgan fingerprint density at radius 2 is 1.87 bits per heavy atom. The molecule has 1 atom stereocenters. The van der Waals surface area contributed by atoms with Gasteiger partial charge >= 0.3 is 0 Å². The van der Waals surface area contributed by atoms with E-state index in [9.17, 15) is 0 Å². The second-order valence-corrected chi connectivity index (χ2v) is 6.18. The molecule has 2 rings (SSSR count). The zero-order chi connectivity index (χ0) is 10.9. The molecule has 0 bridgehead atoms.